The van der Waals surface area contributed by atoms with E-state index in [1.54, 1.807) is 6.20 Å². The Balaban J connectivity index is 1.84. The van der Waals surface area contributed by atoms with Crippen molar-refractivity contribution < 1.29 is 0 Å². The molecule has 0 aromatic carbocycles. The van der Waals surface area contributed by atoms with Crippen LogP contribution in [0.15, 0.2) is 36.9 Å². The Bertz CT molecular complexity index is 438. The molecule has 17 heavy (non-hydrogen) atoms. The minimum absolute atomic E-state index is 0.832. The average molecular weight is 231 g/mol. The Kier molecular flexibility index (Phi) is 3.96. The average Bonchev–Trinajstić information content (AvgIpc) is 2.83. The van der Waals surface area contributed by atoms with Crippen molar-refractivity contribution in [3.8, 4) is 0 Å². The molecule has 0 spiro atoms. The minimum Gasteiger partial charge on any atom is -0.384 e. The van der Waals surface area contributed by atoms with Crippen LogP contribution in [0.5, 0.6) is 0 Å². The van der Waals surface area contributed by atoms with Gasteiger partial charge in [-0.05, 0) is 19.1 Å². The quantitative estimate of drug-likeness (QED) is 0.796. The molecule has 0 aliphatic rings. The Hall–Kier alpha value is -2.04. The van der Waals surface area contributed by atoms with Crippen LogP contribution in [-0.4, -0.2) is 27.9 Å². The summed E-state index contributed by atoms with van der Waals surface area (Å²) in [5.41, 5.74) is 2.06. The maximum Gasteiger partial charge on any atom is 0.0582 e. The lowest BCUT2D eigenvalue weighted by Crippen LogP contribution is -2.11. The van der Waals surface area contributed by atoms with Gasteiger partial charge < -0.3 is 10.6 Å². The van der Waals surface area contributed by atoms with Crippen molar-refractivity contribution in [2.45, 2.75) is 13.5 Å². The van der Waals surface area contributed by atoms with Crippen molar-refractivity contribution in [2.75, 3.05) is 23.7 Å². The van der Waals surface area contributed by atoms with Crippen LogP contribution in [0.25, 0.3) is 0 Å². The van der Waals surface area contributed by atoms with Gasteiger partial charge >= 0.3 is 0 Å². The number of anilines is 2. The second-order valence-electron chi connectivity index (χ2n) is 3.69. The van der Waals surface area contributed by atoms with E-state index in [-0.39, 0.29) is 0 Å². The largest absolute Gasteiger partial charge is 0.384 e. The third-order valence-corrected chi connectivity index (χ3v) is 2.35. The number of nitrogens with one attached hydrogen (secondary N) is 2. The summed E-state index contributed by atoms with van der Waals surface area (Å²) in [4.78, 5) is 4.17. The Labute approximate surface area is 101 Å². The zero-order valence-electron chi connectivity index (χ0n) is 9.93. The van der Waals surface area contributed by atoms with Crippen molar-refractivity contribution >= 4 is 11.4 Å². The van der Waals surface area contributed by atoms with Gasteiger partial charge in [-0.2, -0.15) is 5.10 Å². The van der Waals surface area contributed by atoms with Crippen LogP contribution in [0.1, 0.15) is 6.92 Å². The molecule has 0 saturated carbocycles. The smallest absolute Gasteiger partial charge is 0.0582 e. The molecular formula is C12H17N5. The first kappa shape index (κ1) is 11.4. The van der Waals surface area contributed by atoms with Crippen LogP contribution >= 0.6 is 0 Å². The van der Waals surface area contributed by atoms with Crippen LogP contribution in [0.3, 0.4) is 0 Å². The Morgan fingerprint density at radius 1 is 1.24 bits per heavy atom. The van der Waals surface area contributed by atoms with Crippen molar-refractivity contribution in [1.82, 2.24) is 14.8 Å². The zero-order chi connectivity index (χ0) is 11.9. The van der Waals surface area contributed by atoms with E-state index in [4.69, 9.17) is 0 Å². The first-order chi connectivity index (χ1) is 8.38. The molecule has 0 unspecified atom stereocenters. The molecule has 0 bridgehead atoms. The van der Waals surface area contributed by atoms with Gasteiger partial charge in [0.05, 0.1) is 30.3 Å². The molecule has 5 nitrogen and oxygen atoms in total. The lowest BCUT2D eigenvalue weighted by atomic mass is 10.3. The van der Waals surface area contributed by atoms with Crippen molar-refractivity contribution in [3.05, 3.63) is 36.9 Å². The van der Waals surface area contributed by atoms with E-state index in [1.807, 2.05) is 29.3 Å². The molecule has 90 valence electrons. The first-order valence-electron chi connectivity index (χ1n) is 5.78. The lowest BCUT2D eigenvalue weighted by molar-refractivity contribution is 0.638. The molecule has 2 rings (SSSR count). The van der Waals surface area contributed by atoms with Crippen molar-refractivity contribution in [3.63, 3.8) is 0 Å². The van der Waals surface area contributed by atoms with Gasteiger partial charge in [0.15, 0.2) is 0 Å². The van der Waals surface area contributed by atoms with Crippen LogP contribution in [0.4, 0.5) is 11.4 Å². The highest BCUT2D eigenvalue weighted by molar-refractivity contribution is 5.53. The van der Waals surface area contributed by atoms with E-state index in [0.717, 1.165) is 31.0 Å². The van der Waals surface area contributed by atoms with E-state index in [0.29, 0.717) is 0 Å². The van der Waals surface area contributed by atoms with Crippen molar-refractivity contribution in [2.24, 2.45) is 0 Å². The van der Waals surface area contributed by atoms with Gasteiger partial charge in [0, 0.05) is 25.5 Å². The van der Waals surface area contributed by atoms with Gasteiger partial charge in [0.25, 0.3) is 0 Å². The fourth-order valence-corrected chi connectivity index (χ4v) is 1.58. The summed E-state index contributed by atoms with van der Waals surface area (Å²) in [5, 5.41) is 10.7. The minimum atomic E-state index is 0.832. The lowest BCUT2D eigenvalue weighted by Gasteiger charge is -2.08. The second-order valence-corrected chi connectivity index (χ2v) is 3.69. The molecule has 2 aromatic heterocycles. The predicted octanol–water partition coefficient (Wildman–Crippen LogP) is 1.82. The SMILES string of the molecule is CCNc1cncc(NCCn2cccn2)c1. The van der Waals surface area contributed by atoms with Crippen LogP contribution in [-0.2, 0) is 6.54 Å². The van der Waals surface area contributed by atoms with E-state index in [1.165, 1.54) is 0 Å². The molecule has 0 saturated heterocycles. The monoisotopic (exact) mass is 231 g/mol. The molecule has 0 aliphatic heterocycles. The number of hydrogen-bond acceptors (Lipinski definition) is 4. The normalized spacial score (nSPS) is 10.2. The first-order valence-corrected chi connectivity index (χ1v) is 5.78. The number of hydrogen-bond donors (Lipinski definition) is 2. The maximum absolute atomic E-state index is 4.17. The van der Waals surface area contributed by atoms with Gasteiger partial charge in [-0.25, -0.2) is 0 Å². The molecule has 0 atom stereocenters. The standard InChI is InChI=1S/C12H17N5/c1-2-14-11-8-12(10-13-9-11)15-5-7-17-6-3-4-16-17/h3-4,6,8-10,14-15H,2,5,7H2,1H3. The van der Waals surface area contributed by atoms with Gasteiger partial charge in [0.1, 0.15) is 0 Å². The summed E-state index contributed by atoms with van der Waals surface area (Å²) >= 11 is 0. The van der Waals surface area contributed by atoms with E-state index in [2.05, 4.69) is 33.7 Å². The third-order valence-electron chi connectivity index (χ3n) is 2.35. The zero-order valence-corrected chi connectivity index (χ0v) is 9.93. The summed E-state index contributed by atoms with van der Waals surface area (Å²) in [7, 11) is 0. The number of rotatable bonds is 6. The van der Waals surface area contributed by atoms with Gasteiger partial charge in [0.2, 0.25) is 0 Å². The molecule has 0 aliphatic carbocycles. The highest BCUT2D eigenvalue weighted by atomic mass is 15.3. The molecule has 2 heterocycles. The van der Waals surface area contributed by atoms with Crippen molar-refractivity contribution in [1.29, 1.82) is 0 Å². The molecule has 2 aromatic rings. The van der Waals surface area contributed by atoms with Crippen LogP contribution in [0.2, 0.25) is 0 Å². The maximum atomic E-state index is 4.17. The summed E-state index contributed by atoms with van der Waals surface area (Å²) < 4.78 is 1.90. The topological polar surface area (TPSA) is 54.8 Å². The summed E-state index contributed by atoms with van der Waals surface area (Å²) in [6.07, 6.45) is 7.38. The Morgan fingerprint density at radius 2 is 2.06 bits per heavy atom. The third kappa shape index (κ3) is 3.48. The molecule has 2 N–H and O–H groups in total. The van der Waals surface area contributed by atoms with Gasteiger partial charge in [-0.3, -0.25) is 9.67 Å². The van der Waals surface area contributed by atoms with Crippen LogP contribution < -0.4 is 10.6 Å². The summed E-state index contributed by atoms with van der Waals surface area (Å²) in [6.45, 7) is 4.65. The summed E-state index contributed by atoms with van der Waals surface area (Å²) in [6, 6.07) is 3.98. The predicted molar refractivity (Wildman–Crippen MR) is 69.1 cm³/mol. The highest BCUT2D eigenvalue weighted by Gasteiger charge is 1.95. The molecule has 0 fully saturated rings. The summed E-state index contributed by atoms with van der Waals surface area (Å²) in [5.74, 6) is 0. The molecule has 0 amide bonds. The number of aromatic nitrogens is 3. The number of pyridine rings is 1. The molecule has 5 heteroatoms. The van der Waals surface area contributed by atoms with Crippen LogP contribution in [0, 0.1) is 0 Å². The Morgan fingerprint density at radius 3 is 2.76 bits per heavy atom. The van der Waals surface area contributed by atoms with Gasteiger partial charge in [-0.15, -0.1) is 0 Å². The second kappa shape index (κ2) is 5.89. The highest BCUT2D eigenvalue weighted by Crippen LogP contribution is 2.12. The van der Waals surface area contributed by atoms with E-state index in [9.17, 15) is 0 Å². The number of nitrogens with zero attached hydrogens (tertiary/aromatic N) is 3. The fourth-order valence-electron chi connectivity index (χ4n) is 1.58. The molecular weight excluding hydrogens is 214 g/mol. The van der Waals surface area contributed by atoms with E-state index >= 15 is 0 Å². The molecule has 0 radical (unpaired) electrons. The van der Waals surface area contributed by atoms with E-state index < -0.39 is 0 Å². The fraction of sp³-hybridized carbons (Fsp3) is 0.333. The van der Waals surface area contributed by atoms with Gasteiger partial charge in [-0.1, -0.05) is 0 Å².